The van der Waals surface area contributed by atoms with E-state index >= 15 is 14.4 Å². The van der Waals surface area contributed by atoms with Crippen LogP contribution in [0.3, 0.4) is 0 Å². The van der Waals surface area contributed by atoms with E-state index in [0.717, 1.165) is 0 Å². The summed E-state index contributed by atoms with van der Waals surface area (Å²) in [6.07, 6.45) is -28.6. The molecule has 10 aromatic carbocycles. The summed E-state index contributed by atoms with van der Waals surface area (Å²) in [7, 11) is 0. The largest absolute Gasteiger partial charge is 0.504 e. The highest BCUT2D eigenvalue weighted by Crippen LogP contribution is 2.58. The van der Waals surface area contributed by atoms with E-state index in [9.17, 15) is 182 Å². The molecule has 4 aliphatic heterocycles. The summed E-state index contributed by atoms with van der Waals surface area (Å²) < 4.78 is 74.3. The Morgan fingerprint density at radius 3 is 0.791 bits per heavy atom. The van der Waals surface area contributed by atoms with E-state index in [2.05, 4.69) is 0 Å². The van der Waals surface area contributed by atoms with Crippen LogP contribution in [0.25, 0.3) is 22.3 Å². The van der Waals surface area contributed by atoms with E-state index in [1.165, 1.54) is 0 Å². The first-order chi connectivity index (χ1) is 63.0. The Labute approximate surface area is 736 Å². The average Bonchev–Trinajstić information content (AvgIpc) is 0.992. The molecule has 2 fully saturated rings. The molecule has 0 radical (unpaired) electrons. The van der Waals surface area contributed by atoms with E-state index in [4.69, 9.17) is 61.6 Å². The Bertz CT molecular complexity index is 6660. The van der Waals surface area contributed by atoms with Crippen molar-refractivity contribution < 1.29 is 258 Å². The molecule has 52 heteroatoms. The van der Waals surface area contributed by atoms with Crippen LogP contribution >= 0.6 is 0 Å². The lowest BCUT2D eigenvalue weighted by atomic mass is 9.92. The first kappa shape index (κ1) is 91.0. The third kappa shape index (κ3) is 16.2. The van der Waals surface area contributed by atoms with E-state index in [1.54, 1.807) is 0 Å². The van der Waals surface area contributed by atoms with E-state index < -0.39 is 390 Å². The van der Waals surface area contributed by atoms with Gasteiger partial charge in [0, 0.05) is 28.3 Å². The van der Waals surface area contributed by atoms with Crippen molar-refractivity contribution in [2.45, 2.75) is 61.4 Å². The van der Waals surface area contributed by atoms with Gasteiger partial charge in [-0.3, -0.25) is 0 Å². The van der Waals surface area contributed by atoms with Gasteiger partial charge in [0.1, 0.15) is 31.0 Å². The number of hydrogen-bond acceptors (Lipinski definition) is 52. The summed E-state index contributed by atoms with van der Waals surface area (Å²) in [6.45, 7) is -3.14. The molecule has 0 spiro atoms. The number of esters is 10. The molecule has 0 saturated carbocycles. The van der Waals surface area contributed by atoms with Gasteiger partial charge in [-0.2, -0.15) is 0 Å². The summed E-state index contributed by atoms with van der Waals surface area (Å²) in [5.74, 6) is -65.2. The van der Waals surface area contributed by atoms with Crippen LogP contribution in [0.1, 0.15) is 104 Å². The molecule has 29 N–H and O–H groups in total. The van der Waals surface area contributed by atoms with Crippen LogP contribution < -0.4 is 4.74 Å². The average molecular weight is 1880 g/mol. The zero-order valence-electron chi connectivity index (χ0n) is 65.7. The van der Waals surface area contributed by atoms with E-state index in [1.807, 2.05) is 0 Å². The second kappa shape index (κ2) is 34.2. The predicted molar refractivity (Wildman–Crippen MR) is 415 cm³/mol. The number of fused-ring (bicyclic) bond motifs is 8. The molecule has 0 aromatic heterocycles. The normalized spacial score (nSPS) is 19.1. The van der Waals surface area contributed by atoms with Crippen molar-refractivity contribution in [3.05, 3.63) is 147 Å². The fourth-order valence-corrected chi connectivity index (χ4v) is 13.9. The number of phenolic OH excluding ortho intramolecular Hbond substituents is 29. The van der Waals surface area contributed by atoms with Crippen molar-refractivity contribution in [2.24, 2.45) is 0 Å². The summed E-state index contributed by atoms with van der Waals surface area (Å²) in [6, 6.07) is 4.83. The molecule has 0 amide bonds. The quantitative estimate of drug-likeness (QED) is 0.0419. The maximum absolute atomic E-state index is 15.4. The first-order valence-corrected chi connectivity index (χ1v) is 37.0. The number of rotatable bonds is 14. The van der Waals surface area contributed by atoms with Gasteiger partial charge < -0.3 is 210 Å². The van der Waals surface area contributed by atoms with Gasteiger partial charge in [0.05, 0.1) is 50.1 Å². The molecule has 134 heavy (non-hydrogen) atoms. The molecular weight excluding hydrogens is 1820 g/mol. The summed E-state index contributed by atoms with van der Waals surface area (Å²) in [5, 5.41) is 314. The molecule has 14 rings (SSSR count). The standard InChI is InChI=1S/C82H58O52/c83-28-1-18(2-29(84)49(28)97)71(112)129-67-65-43(16-122-76(117)23-11-37(92)54(102)59(107)45(23)47-25(78(119)127-65)13-39(94)56(104)61(47)109)125-81(69(67)131-73(114)20-5-32(87)51(99)33(88)6-20)133-75(116)22-9-36(91)53(101)42(10-22)124-64-27(15-41(96)58(106)63(64)111)80(121)134-82-70(132-74(115)21-7-34(89)52(100)35(90)8-21)68(130-72(113)19-3-30(85)50(98)31(86)4-19)66-44(126-82)17-123-77(118)24-12-38(93)55(103)60(108)46(24)48-26(79(120)128-66)14-40(95)57(105)62(48)110/h1-15,43-44,65-70,81-111H,16-17H2. The number of aromatic hydroxyl groups is 29. The van der Waals surface area contributed by atoms with Gasteiger partial charge in [-0.1, -0.05) is 0 Å². The Morgan fingerprint density at radius 2 is 0.485 bits per heavy atom. The maximum atomic E-state index is 15.4. The van der Waals surface area contributed by atoms with Gasteiger partial charge in [-0.05, 0) is 84.9 Å². The SMILES string of the molecule is O=C(OC1OC2COC(=O)c3cc(O)c(O)c(O)c3-c3c(cc(O)c(O)c3O)C(=O)OC2C(OC(=O)c2cc(O)c(O)c(O)c2)C1OC(=O)c1cc(O)c(O)c(O)c1)c1cc(O)c(O)c(Oc2c(C(=O)OC3OC4COC(=O)c5cc(O)c(O)c(O)c5-c5c(cc(O)c(O)c5O)C(=O)OC4C(OC(=O)c4cc(O)c(O)c(O)c4)C3OC(=O)c3cc(O)c(O)c(O)c3)cc(O)c(O)c2O)c1. The fraction of sp³-hybridized carbons (Fsp3) is 0.146. The predicted octanol–water partition coefficient (Wildman–Crippen LogP) is 3.73. The smallest absolute Gasteiger partial charge is 0.344 e. The van der Waals surface area contributed by atoms with Crippen LogP contribution in [0.2, 0.25) is 0 Å². The van der Waals surface area contributed by atoms with Gasteiger partial charge in [0.25, 0.3) is 0 Å². The third-order valence-corrected chi connectivity index (χ3v) is 20.4. The molecule has 698 valence electrons. The minimum absolute atomic E-state index is 0.102. The topological polar surface area (TPSA) is 877 Å². The molecule has 4 aliphatic rings. The highest BCUT2D eigenvalue weighted by Gasteiger charge is 2.58. The van der Waals surface area contributed by atoms with Gasteiger partial charge >= 0.3 is 59.7 Å². The highest BCUT2D eigenvalue weighted by atomic mass is 16.8. The van der Waals surface area contributed by atoms with Gasteiger partial charge in [-0.15, -0.1) is 0 Å². The van der Waals surface area contributed by atoms with Crippen molar-refractivity contribution in [2.75, 3.05) is 13.2 Å². The number of carbonyl (C=O) groups is 10. The lowest BCUT2D eigenvalue weighted by molar-refractivity contribution is -0.282. The number of ether oxygens (including phenoxy) is 13. The van der Waals surface area contributed by atoms with Crippen molar-refractivity contribution in [3.63, 3.8) is 0 Å². The van der Waals surface area contributed by atoms with Gasteiger partial charge in [0.2, 0.25) is 65.0 Å². The zero-order chi connectivity index (χ0) is 97.7. The number of phenols is 29. The lowest BCUT2D eigenvalue weighted by Gasteiger charge is -2.43. The number of benzene rings is 10. The van der Waals surface area contributed by atoms with Crippen molar-refractivity contribution in [1.82, 2.24) is 0 Å². The van der Waals surface area contributed by atoms with Crippen molar-refractivity contribution in [1.29, 1.82) is 0 Å². The molecule has 10 atom stereocenters. The minimum Gasteiger partial charge on any atom is -0.504 e. The maximum Gasteiger partial charge on any atom is 0.344 e. The van der Waals surface area contributed by atoms with Crippen LogP contribution in [0, 0.1) is 0 Å². The van der Waals surface area contributed by atoms with Gasteiger partial charge in [0.15, 0.2) is 162 Å². The Kier molecular flexibility index (Phi) is 23.2. The van der Waals surface area contributed by atoms with Gasteiger partial charge in [-0.25, -0.2) is 47.9 Å². The first-order valence-electron chi connectivity index (χ1n) is 37.0. The van der Waals surface area contributed by atoms with Crippen LogP contribution in [0.4, 0.5) is 0 Å². The zero-order valence-corrected chi connectivity index (χ0v) is 65.7. The molecule has 0 bridgehead atoms. The van der Waals surface area contributed by atoms with E-state index in [0.29, 0.717) is 60.7 Å². The second-order valence-corrected chi connectivity index (χ2v) is 28.7. The fourth-order valence-electron chi connectivity index (χ4n) is 13.9. The Hall–Kier alpha value is -19.2. The highest BCUT2D eigenvalue weighted by molar-refractivity contribution is 6.11. The second-order valence-electron chi connectivity index (χ2n) is 28.7. The third-order valence-electron chi connectivity index (χ3n) is 20.4. The summed E-state index contributed by atoms with van der Waals surface area (Å²) in [4.78, 5) is 148. The lowest BCUT2D eigenvalue weighted by Crippen LogP contribution is -2.63. The molecule has 4 heterocycles. The monoisotopic (exact) mass is 1870 g/mol. The van der Waals surface area contributed by atoms with Crippen molar-refractivity contribution >= 4 is 59.7 Å². The molecule has 52 nitrogen and oxygen atoms in total. The molecule has 2 saturated heterocycles. The molecule has 0 aliphatic carbocycles. The minimum atomic E-state index is -3.10. The summed E-state index contributed by atoms with van der Waals surface area (Å²) in [5.41, 5.74) is -17.0. The van der Waals surface area contributed by atoms with Crippen LogP contribution in [0.5, 0.6) is 178 Å². The number of cyclic esters (lactones) is 2. The molecule has 10 unspecified atom stereocenters. The van der Waals surface area contributed by atoms with E-state index in [-0.39, 0.29) is 30.3 Å². The number of carbonyl (C=O) groups excluding carboxylic acids is 10. The Balaban J connectivity index is 0.880. The molecule has 10 aromatic rings. The Morgan fingerprint density at radius 1 is 0.246 bits per heavy atom. The number of hydrogen-bond donors (Lipinski definition) is 29. The van der Waals surface area contributed by atoms with Crippen molar-refractivity contribution in [3.8, 4) is 200 Å². The van der Waals surface area contributed by atoms with Crippen LogP contribution in [-0.4, -0.2) is 282 Å². The van der Waals surface area contributed by atoms with Crippen LogP contribution in [-0.2, 0) is 56.8 Å². The molecular formula is C82H58O52. The summed E-state index contributed by atoms with van der Waals surface area (Å²) >= 11 is 0. The van der Waals surface area contributed by atoms with Crippen LogP contribution in [0.15, 0.2) is 91.0 Å².